The van der Waals surface area contributed by atoms with E-state index in [2.05, 4.69) is 56.1 Å². The van der Waals surface area contributed by atoms with Crippen LogP contribution < -0.4 is 5.73 Å². The van der Waals surface area contributed by atoms with Crippen molar-refractivity contribution in [2.75, 3.05) is 5.73 Å². The van der Waals surface area contributed by atoms with Gasteiger partial charge >= 0.3 is 0 Å². The minimum absolute atomic E-state index is 0.341. The van der Waals surface area contributed by atoms with E-state index in [1.54, 1.807) is 0 Å². The Hall–Kier alpha value is -2.34. The summed E-state index contributed by atoms with van der Waals surface area (Å²) in [6, 6.07) is 10.5. The third-order valence-corrected chi connectivity index (χ3v) is 3.70. The van der Waals surface area contributed by atoms with Gasteiger partial charge in [0.25, 0.3) is 0 Å². The van der Waals surface area contributed by atoms with E-state index in [0.29, 0.717) is 11.4 Å². The quantitative estimate of drug-likeness (QED) is 0.919. The first-order valence-electron chi connectivity index (χ1n) is 7.40. The number of anilines is 1. The van der Waals surface area contributed by atoms with Gasteiger partial charge in [-0.05, 0) is 30.9 Å². The normalized spacial score (nSPS) is 10.4. The zero-order valence-corrected chi connectivity index (χ0v) is 12.9. The number of aromatic nitrogens is 1. The van der Waals surface area contributed by atoms with Gasteiger partial charge in [0.1, 0.15) is 17.5 Å². The molecular weight excluding hydrogens is 258 g/mol. The number of nitrogen functional groups attached to an aromatic ring is 1. The highest BCUT2D eigenvalue weighted by Gasteiger charge is 2.18. The lowest BCUT2D eigenvalue weighted by molar-refractivity contribution is 0.860. The molecule has 2 aromatic rings. The molecule has 0 unspecified atom stereocenters. The second-order valence-electron chi connectivity index (χ2n) is 5.25. The van der Waals surface area contributed by atoms with Gasteiger partial charge < -0.3 is 5.73 Å². The fourth-order valence-electron chi connectivity index (χ4n) is 2.67. The van der Waals surface area contributed by atoms with Crippen molar-refractivity contribution in [1.82, 2.24) is 4.98 Å². The molecule has 0 atom stereocenters. The Balaban J connectivity index is 2.77. The maximum atomic E-state index is 9.49. The minimum Gasteiger partial charge on any atom is -0.383 e. The van der Waals surface area contributed by atoms with Gasteiger partial charge in [-0.1, -0.05) is 50.1 Å². The van der Waals surface area contributed by atoms with E-state index >= 15 is 0 Å². The van der Waals surface area contributed by atoms with Crippen LogP contribution >= 0.6 is 0 Å². The molecular formula is C18H21N3. The predicted molar refractivity (Wildman–Crippen MR) is 86.9 cm³/mol. The van der Waals surface area contributed by atoms with Crippen LogP contribution in [0.5, 0.6) is 0 Å². The van der Waals surface area contributed by atoms with Gasteiger partial charge in [0.15, 0.2) is 0 Å². The molecule has 108 valence electrons. The molecule has 0 fully saturated rings. The first-order chi connectivity index (χ1) is 10.1. The minimum atomic E-state index is 0.341. The van der Waals surface area contributed by atoms with Crippen LogP contribution in [0, 0.1) is 18.3 Å². The molecule has 0 saturated heterocycles. The number of pyridine rings is 1. The van der Waals surface area contributed by atoms with Crippen LogP contribution in [-0.2, 0) is 12.8 Å². The zero-order chi connectivity index (χ0) is 15.4. The van der Waals surface area contributed by atoms with E-state index in [1.807, 2.05) is 0 Å². The second kappa shape index (κ2) is 6.41. The molecule has 3 heteroatoms. The van der Waals surface area contributed by atoms with Crippen LogP contribution in [0.15, 0.2) is 24.3 Å². The lowest BCUT2D eigenvalue weighted by atomic mass is 9.91. The summed E-state index contributed by atoms with van der Waals surface area (Å²) >= 11 is 0. The molecule has 3 nitrogen and oxygen atoms in total. The summed E-state index contributed by atoms with van der Waals surface area (Å²) in [5.74, 6) is 0.341. The monoisotopic (exact) mass is 279 g/mol. The van der Waals surface area contributed by atoms with Crippen LogP contribution in [0.3, 0.4) is 0 Å². The molecule has 0 amide bonds. The van der Waals surface area contributed by atoms with Crippen molar-refractivity contribution in [1.29, 1.82) is 5.26 Å². The fraction of sp³-hybridized carbons (Fsp3) is 0.333. The summed E-state index contributed by atoms with van der Waals surface area (Å²) in [7, 11) is 0. The highest BCUT2D eigenvalue weighted by Crippen LogP contribution is 2.33. The average Bonchev–Trinajstić information content (AvgIpc) is 2.48. The summed E-state index contributed by atoms with van der Waals surface area (Å²) in [6.07, 6.45) is 2.75. The predicted octanol–water partition coefficient (Wildman–Crippen LogP) is 4.03. The van der Waals surface area contributed by atoms with Crippen molar-refractivity contribution in [2.45, 2.75) is 40.0 Å². The van der Waals surface area contributed by atoms with E-state index in [4.69, 9.17) is 5.73 Å². The number of nitrogens with zero attached hydrogens (tertiary/aromatic N) is 2. The Labute approximate surface area is 126 Å². The van der Waals surface area contributed by atoms with Gasteiger partial charge in [-0.2, -0.15) is 5.26 Å². The third-order valence-electron chi connectivity index (χ3n) is 3.70. The van der Waals surface area contributed by atoms with E-state index < -0.39 is 0 Å². The van der Waals surface area contributed by atoms with Crippen LogP contribution in [0.25, 0.3) is 11.1 Å². The Bertz CT molecular complexity index is 679. The Morgan fingerprint density at radius 1 is 1.19 bits per heavy atom. The largest absolute Gasteiger partial charge is 0.383 e. The fourth-order valence-corrected chi connectivity index (χ4v) is 2.67. The summed E-state index contributed by atoms with van der Waals surface area (Å²) in [4.78, 5) is 4.46. The van der Waals surface area contributed by atoms with Gasteiger partial charge in [-0.25, -0.2) is 4.98 Å². The van der Waals surface area contributed by atoms with Crippen LogP contribution in [0.2, 0.25) is 0 Å². The molecule has 0 saturated carbocycles. The van der Waals surface area contributed by atoms with E-state index in [1.165, 1.54) is 5.56 Å². The number of rotatable bonds is 4. The smallest absolute Gasteiger partial charge is 0.142 e. The number of aryl methyl sites for hydroxylation is 2. The van der Waals surface area contributed by atoms with Gasteiger partial charge in [0.05, 0.1) is 0 Å². The van der Waals surface area contributed by atoms with Crippen LogP contribution in [-0.4, -0.2) is 4.98 Å². The molecule has 0 radical (unpaired) electrons. The summed E-state index contributed by atoms with van der Waals surface area (Å²) < 4.78 is 0. The molecule has 0 aliphatic carbocycles. The Kier molecular flexibility index (Phi) is 4.59. The van der Waals surface area contributed by atoms with Gasteiger partial charge in [-0.15, -0.1) is 0 Å². The molecule has 2 rings (SSSR count). The first kappa shape index (κ1) is 15.1. The van der Waals surface area contributed by atoms with Crippen molar-refractivity contribution >= 4 is 5.82 Å². The van der Waals surface area contributed by atoms with E-state index in [-0.39, 0.29) is 0 Å². The number of hydrogen-bond donors (Lipinski definition) is 1. The molecule has 0 bridgehead atoms. The molecule has 21 heavy (non-hydrogen) atoms. The van der Waals surface area contributed by atoms with Crippen molar-refractivity contribution in [3.8, 4) is 17.2 Å². The third kappa shape index (κ3) is 2.90. The van der Waals surface area contributed by atoms with E-state index in [9.17, 15) is 5.26 Å². The molecule has 0 aliphatic rings. The van der Waals surface area contributed by atoms with Gasteiger partial charge in [0, 0.05) is 11.3 Å². The van der Waals surface area contributed by atoms with Gasteiger partial charge in [-0.3, -0.25) is 0 Å². The standard InChI is InChI=1S/C18H21N3/c1-4-6-16-14(5-2)17(15(11-19)18(20)21-16)13-9-7-12(3)8-10-13/h7-10H,4-6H2,1-3H3,(H2,20,21). The highest BCUT2D eigenvalue weighted by atomic mass is 14.9. The van der Waals surface area contributed by atoms with Crippen molar-refractivity contribution < 1.29 is 0 Å². The first-order valence-corrected chi connectivity index (χ1v) is 7.40. The maximum Gasteiger partial charge on any atom is 0.142 e. The van der Waals surface area contributed by atoms with E-state index in [0.717, 1.165) is 41.6 Å². The molecule has 0 spiro atoms. The summed E-state index contributed by atoms with van der Waals surface area (Å²) in [6.45, 7) is 6.28. The molecule has 1 aromatic carbocycles. The van der Waals surface area contributed by atoms with Crippen molar-refractivity contribution in [3.05, 3.63) is 46.6 Å². The molecule has 1 aromatic heterocycles. The topological polar surface area (TPSA) is 62.7 Å². The molecule has 2 N–H and O–H groups in total. The summed E-state index contributed by atoms with van der Waals surface area (Å²) in [5.41, 5.74) is 11.9. The molecule has 1 heterocycles. The SMILES string of the molecule is CCCc1nc(N)c(C#N)c(-c2ccc(C)cc2)c1CC. The maximum absolute atomic E-state index is 9.49. The Morgan fingerprint density at radius 2 is 1.86 bits per heavy atom. The lowest BCUT2D eigenvalue weighted by Gasteiger charge is -2.16. The number of nitrogens with two attached hydrogens (primary N) is 1. The second-order valence-corrected chi connectivity index (χ2v) is 5.25. The average molecular weight is 279 g/mol. The Morgan fingerprint density at radius 3 is 2.38 bits per heavy atom. The van der Waals surface area contributed by atoms with Crippen molar-refractivity contribution in [3.63, 3.8) is 0 Å². The zero-order valence-electron chi connectivity index (χ0n) is 12.9. The van der Waals surface area contributed by atoms with Gasteiger partial charge in [0.2, 0.25) is 0 Å². The lowest BCUT2D eigenvalue weighted by Crippen LogP contribution is -2.07. The number of nitriles is 1. The summed E-state index contributed by atoms with van der Waals surface area (Å²) in [5, 5.41) is 9.49. The van der Waals surface area contributed by atoms with Crippen LogP contribution in [0.4, 0.5) is 5.82 Å². The highest BCUT2D eigenvalue weighted by molar-refractivity contribution is 5.79. The molecule has 0 aliphatic heterocycles. The number of hydrogen-bond acceptors (Lipinski definition) is 3. The van der Waals surface area contributed by atoms with Crippen molar-refractivity contribution in [2.24, 2.45) is 0 Å². The number of benzene rings is 1. The van der Waals surface area contributed by atoms with Crippen LogP contribution in [0.1, 0.15) is 42.7 Å².